The first-order valence-electron chi connectivity index (χ1n) is 17.6. The number of benzene rings is 3. The molecule has 0 atom stereocenters. The van der Waals surface area contributed by atoms with E-state index >= 15 is 0 Å². The number of aliphatic carboxylic acids is 1. The second-order valence-electron chi connectivity index (χ2n) is 13.7. The molecule has 2 aliphatic carbocycles. The smallest absolute Gasteiger partial charge is 0.328 e. The fourth-order valence-corrected chi connectivity index (χ4v) is 8.08. The fraction of sp³-hybridized carbons (Fsp3) is 0.375. The Morgan fingerprint density at radius 1 is 0.875 bits per heavy atom. The van der Waals surface area contributed by atoms with Crippen LogP contribution in [-0.4, -0.2) is 39.5 Å². The second kappa shape index (κ2) is 13.7. The number of fused-ring (bicyclic) bond motifs is 5. The van der Waals surface area contributed by atoms with Crippen LogP contribution in [0.2, 0.25) is 0 Å². The molecule has 48 heavy (non-hydrogen) atoms. The maximum Gasteiger partial charge on any atom is 0.328 e. The molecular formula is C40H44N4O4. The Balaban J connectivity index is 1.21. The number of carbonyl (C=O) groups is 3. The number of carboxylic acids is 1. The van der Waals surface area contributed by atoms with Crippen LogP contribution in [0.3, 0.4) is 0 Å². The van der Waals surface area contributed by atoms with Crippen LogP contribution in [0, 0.1) is 0 Å². The molecule has 3 aromatic carbocycles. The van der Waals surface area contributed by atoms with Crippen molar-refractivity contribution in [2.45, 2.75) is 88.6 Å². The van der Waals surface area contributed by atoms with E-state index in [1.165, 1.54) is 66.1 Å². The lowest BCUT2D eigenvalue weighted by Gasteiger charge is -2.29. The van der Waals surface area contributed by atoms with Crippen LogP contribution in [0.25, 0.3) is 28.2 Å². The van der Waals surface area contributed by atoms with Crippen LogP contribution < -0.4 is 16.0 Å². The summed E-state index contributed by atoms with van der Waals surface area (Å²) < 4.78 is 2.47. The number of anilines is 2. The van der Waals surface area contributed by atoms with Gasteiger partial charge in [-0.2, -0.15) is 0 Å². The van der Waals surface area contributed by atoms with Gasteiger partial charge in [-0.1, -0.05) is 68.5 Å². The lowest BCUT2D eigenvalue weighted by atomic mass is 9.81. The summed E-state index contributed by atoms with van der Waals surface area (Å²) in [6.07, 6.45) is 13.7. The fourth-order valence-electron chi connectivity index (χ4n) is 8.08. The number of aromatic nitrogens is 1. The van der Waals surface area contributed by atoms with Gasteiger partial charge in [-0.15, -0.1) is 0 Å². The number of amides is 2. The van der Waals surface area contributed by atoms with Crippen LogP contribution in [-0.2, 0) is 16.1 Å². The minimum atomic E-state index is -1.02. The van der Waals surface area contributed by atoms with E-state index in [0.29, 0.717) is 30.0 Å². The average Bonchev–Trinajstić information content (AvgIpc) is 3.73. The lowest BCUT2D eigenvalue weighted by Crippen LogP contribution is -2.55. The van der Waals surface area contributed by atoms with Crippen molar-refractivity contribution < 1.29 is 19.5 Å². The molecule has 2 amide bonds. The summed E-state index contributed by atoms with van der Waals surface area (Å²) in [6, 6.07) is 21.8. The molecule has 1 aromatic heterocycles. The van der Waals surface area contributed by atoms with Gasteiger partial charge in [0, 0.05) is 52.6 Å². The normalized spacial score (nSPS) is 17.8. The number of para-hydroxylation sites is 1. The van der Waals surface area contributed by atoms with Gasteiger partial charge in [0.05, 0.1) is 5.69 Å². The van der Waals surface area contributed by atoms with Gasteiger partial charge in [0.2, 0.25) is 5.91 Å². The maximum atomic E-state index is 14.1. The third-order valence-corrected chi connectivity index (χ3v) is 10.5. The average molecular weight is 645 g/mol. The minimum Gasteiger partial charge on any atom is -0.478 e. The van der Waals surface area contributed by atoms with Crippen molar-refractivity contribution in [2.24, 2.45) is 0 Å². The molecule has 2 heterocycles. The number of nitrogens with zero attached hydrogens (tertiary/aromatic N) is 1. The number of hydrogen-bond acceptors (Lipinski definition) is 4. The van der Waals surface area contributed by atoms with E-state index in [-0.39, 0.29) is 11.8 Å². The van der Waals surface area contributed by atoms with E-state index in [2.05, 4.69) is 56.9 Å². The summed E-state index contributed by atoms with van der Waals surface area (Å²) >= 11 is 0. The van der Waals surface area contributed by atoms with Gasteiger partial charge >= 0.3 is 5.97 Å². The Hall–Kier alpha value is -4.85. The molecule has 0 saturated heterocycles. The van der Waals surface area contributed by atoms with Gasteiger partial charge in [0.25, 0.3) is 5.91 Å². The number of nitrogens with one attached hydrogen (secondary N) is 3. The standard InChI is InChI=1S/C40H44N4O4/c45-35(46)21-16-27-14-18-30(19-15-27)42-39(48)40(22-6-7-23-40)43-38(47)29-17-20-32-34(26-29)44-25-9-8-24-41-33-13-5-4-12-31(33)37(44)36(32)28-10-2-1-3-11-28/h4-5,12-21,26,28,41H,1-3,6-11,22-25H2,(H,42,48)(H,43,47)(H,45,46). The zero-order valence-electron chi connectivity index (χ0n) is 27.4. The third kappa shape index (κ3) is 6.36. The van der Waals surface area contributed by atoms with Crippen molar-refractivity contribution >= 4 is 46.1 Å². The molecule has 1 aliphatic heterocycles. The van der Waals surface area contributed by atoms with Gasteiger partial charge in [0.1, 0.15) is 5.54 Å². The first-order chi connectivity index (χ1) is 23.4. The van der Waals surface area contributed by atoms with E-state index in [0.717, 1.165) is 55.9 Å². The highest BCUT2D eigenvalue weighted by Gasteiger charge is 2.43. The first-order valence-corrected chi connectivity index (χ1v) is 17.6. The number of carboxylic acid groups (broad SMARTS) is 1. The molecule has 2 saturated carbocycles. The Morgan fingerprint density at radius 3 is 2.42 bits per heavy atom. The third-order valence-electron chi connectivity index (χ3n) is 10.5. The highest BCUT2D eigenvalue weighted by Crippen LogP contribution is 2.46. The molecule has 248 valence electrons. The van der Waals surface area contributed by atoms with E-state index in [1.54, 1.807) is 24.3 Å². The largest absolute Gasteiger partial charge is 0.478 e. The molecule has 0 unspecified atom stereocenters. The summed E-state index contributed by atoms with van der Waals surface area (Å²) in [5.74, 6) is -0.992. The van der Waals surface area contributed by atoms with Crippen molar-refractivity contribution in [3.05, 3.63) is 89.5 Å². The number of carbonyl (C=O) groups excluding carboxylic acids is 2. The molecule has 4 N–H and O–H groups in total. The summed E-state index contributed by atoms with van der Waals surface area (Å²) in [5.41, 5.74) is 7.08. The van der Waals surface area contributed by atoms with Crippen LogP contribution in [0.4, 0.5) is 11.4 Å². The van der Waals surface area contributed by atoms with E-state index in [4.69, 9.17) is 5.11 Å². The Bertz CT molecular complexity index is 1860. The number of aryl methyl sites for hydroxylation is 1. The van der Waals surface area contributed by atoms with Crippen molar-refractivity contribution in [1.29, 1.82) is 0 Å². The first kappa shape index (κ1) is 31.7. The Kier molecular flexibility index (Phi) is 9.06. The molecule has 8 heteroatoms. The number of hydrogen-bond donors (Lipinski definition) is 4. The molecule has 2 fully saturated rings. The highest BCUT2D eigenvalue weighted by atomic mass is 16.4. The molecule has 3 aliphatic rings. The van der Waals surface area contributed by atoms with Gasteiger partial charge in [0.15, 0.2) is 0 Å². The molecular weight excluding hydrogens is 600 g/mol. The Morgan fingerprint density at radius 2 is 1.65 bits per heavy atom. The summed E-state index contributed by atoms with van der Waals surface area (Å²) in [5, 5.41) is 20.0. The predicted molar refractivity (Wildman–Crippen MR) is 191 cm³/mol. The van der Waals surface area contributed by atoms with Crippen LogP contribution in [0.15, 0.2) is 72.8 Å². The quantitative estimate of drug-likeness (QED) is 0.151. The topological polar surface area (TPSA) is 112 Å². The molecule has 4 aromatic rings. The van der Waals surface area contributed by atoms with Gasteiger partial charge < -0.3 is 25.6 Å². The monoisotopic (exact) mass is 644 g/mol. The summed E-state index contributed by atoms with van der Waals surface area (Å²) in [7, 11) is 0. The maximum absolute atomic E-state index is 14.1. The van der Waals surface area contributed by atoms with Gasteiger partial charge in [-0.05, 0) is 92.0 Å². The van der Waals surface area contributed by atoms with Crippen molar-refractivity contribution in [2.75, 3.05) is 17.2 Å². The zero-order valence-corrected chi connectivity index (χ0v) is 27.4. The van der Waals surface area contributed by atoms with Crippen LogP contribution in [0.1, 0.15) is 98.0 Å². The predicted octanol–water partition coefficient (Wildman–Crippen LogP) is 8.34. The van der Waals surface area contributed by atoms with Crippen molar-refractivity contribution in [3.63, 3.8) is 0 Å². The lowest BCUT2D eigenvalue weighted by molar-refractivity contribution is -0.131. The van der Waals surface area contributed by atoms with Crippen LogP contribution in [0.5, 0.6) is 0 Å². The molecule has 0 bridgehead atoms. The summed E-state index contributed by atoms with van der Waals surface area (Å²) in [6.45, 7) is 1.82. The molecule has 0 spiro atoms. The second-order valence-corrected chi connectivity index (χ2v) is 13.7. The number of rotatable bonds is 7. The van der Waals surface area contributed by atoms with Crippen molar-refractivity contribution in [3.8, 4) is 11.3 Å². The molecule has 0 radical (unpaired) electrons. The van der Waals surface area contributed by atoms with Crippen molar-refractivity contribution in [1.82, 2.24) is 9.88 Å². The van der Waals surface area contributed by atoms with E-state index in [1.807, 2.05) is 6.07 Å². The molecule has 8 nitrogen and oxygen atoms in total. The highest BCUT2D eigenvalue weighted by molar-refractivity contribution is 6.06. The Labute approximate surface area is 281 Å². The van der Waals surface area contributed by atoms with E-state index < -0.39 is 11.5 Å². The van der Waals surface area contributed by atoms with Crippen LogP contribution >= 0.6 is 0 Å². The minimum absolute atomic E-state index is 0.226. The zero-order chi connectivity index (χ0) is 33.1. The summed E-state index contributed by atoms with van der Waals surface area (Å²) in [4.78, 5) is 38.7. The molecule has 7 rings (SSSR count). The van der Waals surface area contributed by atoms with E-state index in [9.17, 15) is 14.4 Å². The van der Waals surface area contributed by atoms with Gasteiger partial charge in [-0.3, -0.25) is 9.59 Å². The SMILES string of the molecule is O=C(O)C=Cc1ccc(NC(=O)C2(NC(=O)c3ccc4c(C5CCCCC5)c5n(c4c3)CCCCNc3ccccc3-5)CCCC2)cc1. The van der Waals surface area contributed by atoms with Gasteiger partial charge in [-0.25, -0.2) is 4.79 Å².